The number of rotatable bonds is 6. The number of carbonyl (C=O) groups excluding carboxylic acids is 1. The van der Waals surface area contributed by atoms with E-state index in [9.17, 15) is 13.6 Å². The maximum absolute atomic E-state index is 13.7. The largest absolute Gasteiger partial charge is 0.493 e. The maximum Gasteiger partial charge on any atom is 0.259 e. The van der Waals surface area contributed by atoms with Crippen molar-refractivity contribution in [3.05, 3.63) is 53.8 Å². The van der Waals surface area contributed by atoms with Gasteiger partial charge in [0.05, 0.1) is 24.4 Å². The zero-order valence-electron chi connectivity index (χ0n) is 12.7. The molecule has 0 atom stereocenters. The van der Waals surface area contributed by atoms with Crippen LogP contribution < -0.4 is 10.1 Å². The monoisotopic (exact) mass is 331 g/mol. The summed E-state index contributed by atoms with van der Waals surface area (Å²) in [4.78, 5) is 12.2. The molecule has 0 bridgehead atoms. The van der Waals surface area contributed by atoms with Crippen molar-refractivity contribution in [1.29, 1.82) is 0 Å². The third-order valence-corrected chi connectivity index (χ3v) is 3.43. The molecule has 0 fully saturated rings. The van der Waals surface area contributed by atoms with E-state index in [1.165, 1.54) is 18.2 Å². The van der Waals surface area contributed by atoms with Gasteiger partial charge in [-0.1, -0.05) is 12.1 Å². The molecule has 0 saturated heterocycles. The van der Waals surface area contributed by atoms with Gasteiger partial charge in [-0.15, -0.1) is 0 Å². The fraction of sp³-hybridized carbons (Fsp3) is 0.176. The third kappa shape index (κ3) is 3.34. The van der Waals surface area contributed by atoms with Crippen molar-refractivity contribution in [1.82, 2.24) is 10.2 Å². The number of H-pyrrole nitrogens is 1. The average Bonchev–Trinajstić information content (AvgIpc) is 2.98. The van der Waals surface area contributed by atoms with Gasteiger partial charge in [0, 0.05) is 11.8 Å². The number of nitrogens with one attached hydrogen (secondary N) is 2. The lowest BCUT2D eigenvalue weighted by atomic mass is 10.2. The van der Waals surface area contributed by atoms with Crippen molar-refractivity contribution < 1.29 is 18.3 Å². The highest BCUT2D eigenvalue weighted by atomic mass is 19.1. The second-order valence-corrected chi connectivity index (χ2v) is 5.10. The van der Waals surface area contributed by atoms with Crippen LogP contribution in [0.5, 0.6) is 5.75 Å². The molecule has 2 N–H and O–H groups in total. The summed E-state index contributed by atoms with van der Waals surface area (Å²) >= 11 is 0. The SMILES string of the molecule is O=C(Nc1n[nH]c2ccc(OCCCF)cc12)c1ccccc1F. The molecule has 0 aliphatic rings. The molecular formula is C17H15F2N3O2. The van der Waals surface area contributed by atoms with Crippen LogP contribution in [-0.2, 0) is 0 Å². The van der Waals surface area contributed by atoms with Crippen molar-refractivity contribution in [3.63, 3.8) is 0 Å². The first kappa shape index (κ1) is 15.9. The fourth-order valence-electron chi connectivity index (χ4n) is 2.24. The number of hydrogen-bond donors (Lipinski definition) is 2. The summed E-state index contributed by atoms with van der Waals surface area (Å²) in [5.74, 6) is -0.386. The molecular weight excluding hydrogens is 316 g/mol. The van der Waals surface area contributed by atoms with Crippen LogP contribution in [0.3, 0.4) is 0 Å². The predicted octanol–water partition coefficient (Wildman–Crippen LogP) is 3.69. The lowest BCUT2D eigenvalue weighted by Gasteiger charge is -2.06. The van der Waals surface area contributed by atoms with Crippen LogP contribution >= 0.6 is 0 Å². The molecule has 0 radical (unpaired) electrons. The number of hydrogen-bond acceptors (Lipinski definition) is 3. The van der Waals surface area contributed by atoms with E-state index in [4.69, 9.17) is 4.74 Å². The molecule has 0 unspecified atom stereocenters. The van der Waals surface area contributed by atoms with Gasteiger partial charge >= 0.3 is 0 Å². The molecule has 124 valence electrons. The Morgan fingerprint density at radius 1 is 1.25 bits per heavy atom. The van der Waals surface area contributed by atoms with Gasteiger partial charge in [-0.25, -0.2) is 4.39 Å². The highest BCUT2D eigenvalue weighted by molar-refractivity contribution is 6.08. The third-order valence-electron chi connectivity index (χ3n) is 3.43. The molecule has 0 saturated carbocycles. The van der Waals surface area contributed by atoms with Crippen LogP contribution in [0.15, 0.2) is 42.5 Å². The molecule has 0 aliphatic heterocycles. The van der Waals surface area contributed by atoms with Gasteiger partial charge in [0.1, 0.15) is 11.6 Å². The van der Waals surface area contributed by atoms with Crippen LogP contribution in [0, 0.1) is 5.82 Å². The summed E-state index contributed by atoms with van der Waals surface area (Å²) in [6.07, 6.45) is 0.306. The van der Waals surface area contributed by atoms with Crippen LogP contribution in [0.4, 0.5) is 14.6 Å². The quantitative estimate of drug-likeness (QED) is 0.677. The van der Waals surface area contributed by atoms with Gasteiger partial charge in [-0.05, 0) is 30.3 Å². The Kier molecular flexibility index (Phi) is 4.69. The number of benzene rings is 2. The molecule has 1 heterocycles. The lowest BCUT2D eigenvalue weighted by Crippen LogP contribution is -2.14. The molecule has 7 heteroatoms. The predicted molar refractivity (Wildman–Crippen MR) is 86.5 cm³/mol. The summed E-state index contributed by atoms with van der Waals surface area (Å²) in [6, 6.07) is 10.9. The number of aromatic nitrogens is 2. The lowest BCUT2D eigenvalue weighted by molar-refractivity contribution is 0.102. The Hall–Kier alpha value is -2.96. The molecule has 2 aromatic carbocycles. The van der Waals surface area contributed by atoms with Gasteiger partial charge in [0.25, 0.3) is 5.91 Å². The number of ether oxygens (including phenoxy) is 1. The number of alkyl halides is 1. The Labute approximate surface area is 136 Å². The smallest absolute Gasteiger partial charge is 0.259 e. The van der Waals surface area contributed by atoms with Gasteiger partial charge in [-0.2, -0.15) is 5.10 Å². The van der Waals surface area contributed by atoms with Crippen molar-refractivity contribution in [2.75, 3.05) is 18.6 Å². The second kappa shape index (κ2) is 7.08. The molecule has 24 heavy (non-hydrogen) atoms. The van der Waals surface area contributed by atoms with E-state index in [-0.39, 0.29) is 18.0 Å². The molecule has 3 rings (SSSR count). The summed E-state index contributed by atoms with van der Waals surface area (Å²) in [5.41, 5.74) is 0.626. The Morgan fingerprint density at radius 3 is 2.88 bits per heavy atom. The van der Waals surface area contributed by atoms with Crippen LogP contribution in [0.2, 0.25) is 0 Å². The van der Waals surface area contributed by atoms with Gasteiger partial charge in [0.2, 0.25) is 0 Å². The molecule has 0 aliphatic carbocycles. The number of carbonyl (C=O) groups is 1. The Balaban J connectivity index is 1.83. The Bertz CT molecular complexity index is 864. The minimum Gasteiger partial charge on any atom is -0.493 e. The van der Waals surface area contributed by atoms with Crippen molar-refractivity contribution in [2.45, 2.75) is 6.42 Å². The van der Waals surface area contributed by atoms with Crippen LogP contribution in [0.25, 0.3) is 10.9 Å². The van der Waals surface area contributed by atoms with E-state index in [2.05, 4.69) is 15.5 Å². The minimum absolute atomic E-state index is 0.0657. The number of halogens is 2. The summed E-state index contributed by atoms with van der Waals surface area (Å²) < 4.78 is 31.2. The molecule has 0 spiro atoms. The zero-order valence-corrected chi connectivity index (χ0v) is 12.7. The fourth-order valence-corrected chi connectivity index (χ4v) is 2.24. The molecule has 1 aromatic heterocycles. The number of fused-ring (bicyclic) bond motifs is 1. The van der Waals surface area contributed by atoms with E-state index in [0.29, 0.717) is 23.1 Å². The highest BCUT2D eigenvalue weighted by Gasteiger charge is 2.14. The normalized spacial score (nSPS) is 10.8. The van der Waals surface area contributed by atoms with Crippen molar-refractivity contribution in [2.24, 2.45) is 0 Å². The van der Waals surface area contributed by atoms with Gasteiger partial charge < -0.3 is 10.1 Å². The first-order valence-electron chi connectivity index (χ1n) is 7.42. The maximum atomic E-state index is 13.7. The summed E-state index contributed by atoms with van der Waals surface area (Å²) in [6.45, 7) is -0.186. The first-order chi connectivity index (χ1) is 11.7. The van der Waals surface area contributed by atoms with E-state index in [1.54, 1.807) is 24.3 Å². The summed E-state index contributed by atoms with van der Waals surface area (Å²) in [5, 5.41) is 10.0. The highest BCUT2D eigenvalue weighted by Crippen LogP contribution is 2.26. The number of anilines is 1. The van der Waals surface area contributed by atoms with E-state index >= 15 is 0 Å². The summed E-state index contributed by atoms with van der Waals surface area (Å²) in [7, 11) is 0. The minimum atomic E-state index is -0.606. The van der Waals surface area contributed by atoms with Crippen LogP contribution in [0.1, 0.15) is 16.8 Å². The Morgan fingerprint density at radius 2 is 2.08 bits per heavy atom. The average molecular weight is 331 g/mol. The standard InChI is InChI=1S/C17H15F2N3O2/c18-8-3-9-24-11-6-7-15-13(10-11)16(22-21-15)20-17(23)12-4-1-2-5-14(12)19/h1-2,4-7,10H,3,8-9H2,(H2,20,21,22,23). The van der Waals surface area contributed by atoms with Crippen molar-refractivity contribution in [3.8, 4) is 5.75 Å². The number of nitrogens with zero attached hydrogens (tertiary/aromatic N) is 1. The molecule has 5 nitrogen and oxygen atoms in total. The molecule has 1 amide bonds. The van der Waals surface area contributed by atoms with Crippen molar-refractivity contribution >= 4 is 22.6 Å². The second-order valence-electron chi connectivity index (χ2n) is 5.10. The first-order valence-corrected chi connectivity index (χ1v) is 7.42. The molecule has 3 aromatic rings. The number of amides is 1. The topological polar surface area (TPSA) is 67.0 Å². The van der Waals surface area contributed by atoms with Gasteiger partial charge in [0.15, 0.2) is 5.82 Å². The van der Waals surface area contributed by atoms with E-state index in [1.807, 2.05) is 0 Å². The van der Waals surface area contributed by atoms with Crippen LogP contribution in [-0.4, -0.2) is 29.4 Å². The van der Waals surface area contributed by atoms with E-state index < -0.39 is 18.4 Å². The van der Waals surface area contributed by atoms with Gasteiger partial charge in [-0.3, -0.25) is 14.3 Å². The number of aromatic amines is 1. The van der Waals surface area contributed by atoms with E-state index in [0.717, 1.165) is 0 Å². The zero-order chi connectivity index (χ0) is 16.9.